The first-order valence-electron chi connectivity index (χ1n) is 10.5. The molecule has 0 aliphatic carbocycles. The lowest BCUT2D eigenvalue weighted by Crippen LogP contribution is -2.39. The highest BCUT2D eigenvalue weighted by Crippen LogP contribution is 2.25. The van der Waals surface area contributed by atoms with Gasteiger partial charge in [0.15, 0.2) is 6.17 Å². The van der Waals surface area contributed by atoms with Crippen LogP contribution < -0.4 is 10.7 Å². The van der Waals surface area contributed by atoms with Gasteiger partial charge < -0.3 is 15.0 Å². The van der Waals surface area contributed by atoms with Crippen molar-refractivity contribution in [2.75, 3.05) is 6.54 Å². The quantitative estimate of drug-likeness (QED) is 0.575. The Morgan fingerprint density at radius 3 is 2.93 bits per heavy atom. The van der Waals surface area contributed by atoms with Crippen LogP contribution in [-0.2, 0) is 13.0 Å². The number of nitrogens with zero attached hydrogens (tertiary/aromatic N) is 4. The van der Waals surface area contributed by atoms with Gasteiger partial charge in [-0.15, -0.1) is 11.3 Å². The smallest absolute Gasteiger partial charge is 0.160 e. The second-order valence-corrected chi connectivity index (χ2v) is 9.00. The van der Waals surface area contributed by atoms with Gasteiger partial charge in [0.05, 0.1) is 23.2 Å². The van der Waals surface area contributed by atoms with Crippen LogP contribution in [0.3, 0.4) is 0 Å². The van der Waals surface area contributed by atoms with Crippen molar-refractivity contribution in [3.63, 3.8) is 0 Å². The van der Waals surface area contributed by atoms with Crippen molar-refractivity contribution in [3.8, 4) is 10.6 Å². The number of nitrogens with one attached hydrogen (secondary N) is 2. The summed E-state index contributed by atoms with van der Waals surface area (Å²) in [6.45, 7) is 7.33. The molecule has 0 spiro atoms. The number of aryl methyl sites for hydroxylation is 1. The summed E-state index contributed by atoms with van der Waals surface area (Å²) in [5.41, 5.74) is 5.53. The minimum Gasteiger partial charge on any atom is -0.390 e. The van der Waals surface area contributed by atoms with Crippen molar-refractivity contribution in [3.05, 3.63) is 53.5 Å². The Hall–Kier alpha value is -2.42. The van der Waals surface area contributed by atoms with E-state index in [2.05, 4.69) is 77.0 Å². The summed E-state index contributed by atoms with van der Waals surface area (Å²) in [6.07, 6.45) is 9.37. The number of aromatic nitrogens is 2. The van der Waals surface area contributed by atoms with Gasteiger partial charge in [-0.3, -0.25) is 10.4 Å². The fourth-order valence-corrected chi connectivity index (χ4v) is 4.30. The highest BCUT2D eigenvalue weighted by atomic mass is 32.1. The molecule has 2 aliphatic heterocycles. The average Bonchev–Trinajstić information content (AvgIpc) is 3.44. The van der Waals surface area contributed by atoms with Gasteiger partial charge in [-0.25, -0.2) is 9.98 Å². The molecule has 4 rings (SSSR count). The molecule has 3 N–H and O–H groups in total. The molecule has 2 aromatic heterocycles. The third-order valence-electron chi connectivity index (χ3n) is 5.19. The van der Waals surface area contributed by atoms with Crippen LogP contribution in [0.15, 0.2) is 52.6 Å². The first-order chi connectivity index (χ1) is 14.5. The van der Waals surface area contributed by atoms with E-state index in [4.69, 9.17) is 9.98 Å². The fraction of sp³-hybridized carbons (Fsp3) is 0.455. The number of aliphatic hydroxyl groups is 1. The lowest BCUT2D eigenvalue weighted by Gasteiger charge is -2.26. The summed E-state index contributed by atoms with van der Waals surface area (Å²) in [6, 6.07) is 4.47. The van der Waals surface area contributed by atoms with Gasteiger partial charge in [-0.1, -0.05) is 26.0 Å². The zero-order chi connectivity index (χ0) is 21.1. The molecule has 0 amide bonds. The summed E-state index contributed by atoms with van der Waals surface area (Å²) >= 11 is 1.68. The van der Waals surface area contributed by atoms with Crippen LogP contribution in [0, 0.1) is 0 Å². The molecule has 0 fully saturated rings. The number of aliphatic hydroxyl groups excluding tert-OH is 1. The summed E-state index contributed by atoms with van der Waals surface area (Å²) in [5.74, 6) is 1.94. The molecule has 0 saturated carbocycles. The van der Waals surface area contributed by atoms with Crippen molar-refractivity contribution in [1.29, 1.82) is 0 Å². The molecule has 0 radical (unpaired) electrons. The Bertz CT molecular complexity index is 943. The van der Waals surface area contributed by atoms with E-state index in [1.807, 2.05) is 6.07 Å². The minimum atomic E-state index is -0.467. The van der Waals surface area contributed by atoms with Crippen molar-refractivity contribution >= 4 is 17.2 Å². The number of imidazole rings is 1. The lowest BCUT2D eigenvalue weighted by molar-refractivity contribution is 0.147. The van der Waals surface area contributed by atoms with Crippen LogP contribution in [0.5, 0.6) is 0 Å². The normalized spacial score (nSPS) is 19.0. The van der Waals surface area contributed by atoms with Gasteiger partial charge >= 0.3 is 0 Å². The van der Waals surface area contributed by atoms with Gasteiger partial charge in [0, 0.05) is 37.3 Å². The summed E-state index contributed by atoms with van der Waals surface area (Å²) in [7, 11) is 0. The number of hydrazine groups is 1. The molecule has 160 valence electrons. The zero-order valence-corrected chi connectivity index (χ0v) is 18.6. The van der Waals surface area contributed by atoms with E-state index < -0.39 is 6.10 Å². The largest absolute Gasteiger partial charge is 0.390 e. The molecule has 30 heavy (non-hydrogen) atoms. The van der Waals surface area contributed by atoms with Crippen LogP contribution in [0.1, 0.15) is 33.0 Å². The van der Waals surface area contributed by atoms with Gasteiger partial charge in [0.2, 0.25) is 0 Å². The van der Waals surface area contributed by atoms with Crippen molar-refractivity contribution in [2.24, 2.45) is 4.99 Å². The van der Waals surface area contributed by atoms with E-state index >= 15 is 0 Å². The van der Waals surface area contributed by atoms with Crippen molar-refractivity contribution in [1.82, 2.24) is 25.3 Å². The first kappa shape index (κ1) is 20.8. The Morgan fingerprint density at radius 1 is 1.33 bits per heavy atom. The number of amidine groups is 1. The summed E-state index contributed by atoms with van der Waals surface area (Å²) in [5, 5.41) is 17.9. The molecule has 8 heteroatoms. The van der Waals surface area contributed by atoms with Crippen molar-refractivity contribution in [2.45, 2.75) is 58.5 Å². The maximum Gasteiger partial charge on any atom is 0.160 e. The molecule has 2 aromatic rings. The molecule has 7 nitrogen and oxygen atoms in total. The van der Waals surface area contributed by atoms with Gasteiger partial charge in [0.25, 0.3) is 0 Å². The van der Waals surface area contributed by atoms with E-state index in [0.29, 0.717) is 19.1 Å². The molecule has 2 aliphatic rings. The molecular weight excluding hydrogens is 396 g/mol. The molecular formula is C22H30N6OS. The minimum absolute atomic E-state index is 0.0374. The highest BCUT2D eigenvalue weighted by molar-refractivity contribution is 7.13. The average molecular weight is 427 g/mol. The Kier molecular flexibility index (Phi) is 6.36. The van der Waals surface area contributed by atoms with E-state index in [1.165, 1.54) is 0 Å². The molecule has 0 saturated heterocycles. The second kappa shape index (κ2) is 9.16. The fourth-order valence-electron chi connectivity index (χ4n) is 3.62. The zero-order valence-electron chi connectivity index (χ0n) is 17.7. The molecule has 0 aromatic carbocycles. The maximum absolute atomic E-state index is 10.5. The highest BCUT2D eigenvalue weighted by Gasteiger charge is 2.26. The van der Waals surface area contributed by atoms with E-state index in [9.17, 15) is 5.11 Å². The lowest BCUT2D eigenvalue weighted by atomic mass is 10.2. The topological polar surface area (TPSA) is 77.7 Å². The van der Waals surface area contributed by atoms with Gasteiger partial charge in [0.1, 0.15) is 11.7 Å². The SMILES string of the molecule is CC1=CC=CC2N=C(CCc3nc(-c4cccs4)cn3C[C@@H](O)CNC(C)C)NN12. The van der Waals surface area contributed by atoms with E-state index in [-0.39, 0.29) is 6.17 Å². The number of rotatable bonds is 9. The van der Waals surface area contributed by atoms with Crippen LogP contribution >= 0.6 is 11.3 Å². The summed E-state index contributed by atoms with van der Waals surface area (Å²) in [4.78, 5) is 10.8. The van der Waals surface area contributed by atoms with E-state index in [0.717, 1.165) is 40.8 Å². The third kappa shape index (κ3) is 4.83. The van der Waals surface area contributed by atoms with Crippen LogP contribution in [-0.4, -0.2) is 50.4 Å². The Labute approximate surface area is 181 Å². The van der Waals surface area contributed by atoms with Crippen LogP contribution in [0.25, 0.3) is 10.6 Å². The predicted octanol–water partition coefficient (Wildman–Crippen LogP) is 2.92. The Balaban J connectivity index is 1.46. The number of aliphatic imine (C=N–C) groups is 1. The molecule has 1 unspecified atom stereocenters. The van der Waals surface area contributed by atoms with Crippen LogP contribution in [0.2, 0.25) is 0 Å². The number of hydrogen-bond donors (Lipinski definition) is 3. The molecule has 2 atom stereocenters. The standard InChI is InChI=1S/C22H30N6OS/c1-15(2)23-12-17(29)13-27-14-18(19-7-5-11-30-19)24-21(27)10-9-20-25-22-8-4-6-16(3)28(22)26-20/h4-8,11,14-15,17,22-23,29H,9-10,12-13H2,1-3H3,(H,25,26)/t17-,22?/m0/s1. The van der Waals surface area contributed by atoms with Gasteiger partial charge in [-0.05, 0) is 30.5 Å². The maximum atomic E-state index is 10.5. The molecule has 4 heterocycles. The summed E-state index contributed by atoms with van der Waals surface area (Å²) < 4.78 is 2.09. The van der Waals surface area contributed by atoms with Crippen molar-refractivity contribution < 1.29 is 5.11 Å². The third-order valence-corrected chi connectivity index (χ3v) is 6.08. The molecule has 0 bridgehead atoms. The number of allylic oxidation sites excluding steroid dienone is 3. The van der Waals surface area contributed by atoms with Crippen LogP contribution in [0.4, 0.5) is 0 Å². The monoisotopic (exact) mass is 426 g/mol. The number of thiophene rings is 1. The second-order valence-electron chi connectivity index (χ2n) is 8.05. The number of fused-ring (bicyclic) bond motifs is 1. The van der Waals surface area contributed by atoms with E-state index in [1.54, 1.807) is 11.3 Å². The van der Waals surface area contributed by atoms with Gasteiger partial charge in [-0.2, -0.15) is 0 Å². The first-order valence-corrected chi connectivity index (χ1v) is 11.4. The predicted molar refractivity (Wildman–Crippen MR) is 122 cm³/mol. The Morgan fingerprint density at radius 2 is 2.20 bits per heavy atom. The number of hydrogen-bond acceptors (Lipinski definition) is 7.